The lowest BCUT2D eigenvalue weighted by Gasteiger charge is -2.00. The van der Waals surface area contributed by atoms with Gasteiger partial charge in [-0.05, 0) is 19.1 Å². The van der Waals surface area contributed by atoms with Crippen molar-refractivity contribution in [1.29, 1.82) is 0 Å². The Labute approximate surface area is 99.4 Å². The van der Waals surface area contributed by atoms with Crippen LogP contribution in [0.5, 0.6) is 6.08 Å². The van der Waals surface area contributed by atoms with E-state index in [1.807, 2.05) is 37.3 Å². The smallest absolute Gasteiger partial charge is 0.414 e. The second-order valence-electron chi connectivity index (χ2n) is 3.28. The van der Waals surface area contributed by atoms with E-state index in [4.69, 9.17) is 13.9 Å². The van der Waals surface area contributed by atoms with Gasteiger partial charge in [-0.1, -0.05) is 23.3 Å². The van der Waals surface area contributed by atoms with Gasteiger partial charge in [-0.25, -0.2) is 0 Å². The number of hydrogen-bond acceptors (Lipinski definition) is 5. The highest BCUT2D eigenvalue weighted by molar-refractivity contribution is 5.51. The molecule has 0 aliphatic rings. The molecule has 1 aromatic heterocycles. The minimum Gasteiger partial charge on any atom is -0.447 e. The van der Waals surface area contributed by atoms with Gasteiger partial charge in [0.25, 0.3) is 5.89 Å². The summed E-state index contributed by atoms with van der Waals surface area (Å²) in [6.07, 6.45) is 0.170. The number of aromatic nitrogens is 2. The molecular weight excluding hydrogens is 220 g/mol. The average Bonchev–Trinajstić information content (AvgIpc) is 2.85. The minimum atomic E-state index is 0.170. The molecule has 0 unspecified atom stereocenters. The summed E-state index contributed by atoms with van der Waals surface area (Å²) in [5.41, 5.74) is 0.875. The van der Waals surface area contributed by atoms with Crippen LogP contribution in [-0.4, -0.2) is 30.0 Å². The van der Waals surface area contributed by atoms with E-state index < -0.39 is 0 Å². The molecule has 0 fully saturated rings. The van der Waals surface area contributed by atoms with E-state index in [1.165, 1.54) is 0 Å². The molecule has 0 bridgehead atoms. The van der Waals surface area contributed by atoms with E-state index in [9.17, 15) is 0 Å². The summed E-state index contributed by atoms with van der Waals surface area (Å²) < 4.78 is 15.7. The molecule has 0 saturated heterocycles. The fourth-order valence-electron chi connectivity index (χ4n) is 1.30. The largest absolute Gasteiger partial charge is 0.447 e. The van der Waals surface area contributed by atoms with E-state index in [0.717, 1.165) is 5.56 Å². The fourth-order valence-corrected chi connectivity index (χ4v) is 1.30. The highest BCUT2D eigenvalue weighted by Crippen LogP contribution is 2.19. The third-order valence-corrected chi connectivity index (χ3v) is 2.08. The molecule has 0 aliphatic carbocycles. The summed E-state index contributed by atoms with van der Waals surface area (Å²) in [6.45, 7) is 3.52. The maximum absolute atomic E-state index is 5.35. The van der Waals surface area contributed by atoms with Crippen LogP contribution in [-0.2, 0) is 4.74 Å². The first-order chi connectivity index (χ1) is 8.40. The fraction of sp³-hybridized carbons (Fsp3) is 0.333. The average molecular weight is 234 g/mol. The lowest BCUT2D eigenvalue weighted by molar-refractivity contribution is 0.0968. The lowest BCUT2D eigenvalue weighted by Crippen LogP contribution is -2.06. The Morgan fingerprint density at radius 1 is 1.12 bits per heavy atom. The van der Waals surface area contributed by atoms with Crippen LogP contribution in [0, 0.1) is 0 Å². The molecule has 1 heterocycles. The summed E-state index contributed by atoms with van der Waals surface area (Å²) in [6, 6.07) is 9.55. The van der Waals surface area contributed by atoms with E-state index in [2.05, 4.69) is 10.2 Å². The molecule has 17 heavy (non-hydrogen) atoms. The van der Waals surface area contributed by atoms with E-state index >= 15 is 0 Å². The maximum Gasteiger partial charge on any atom is 0.414 e. The van der Waals surface area contributed by atoms with Crippen molar-refractivity contribution in [2.75, 3.05) is 19.8 Å². The molecule has 0 radical (unpaired) electrons. The molecular formula is C12H14N2O3. The van der Waals surface area contributed by atoms with Gasteiger partial charge >= 0.3 is 6.08 Å². The van der Waals surface area contributed by atoms with Crippen molar-refractivity contribution in [1.82, 2.24) is 10.2 Å². The number of rotatable bonds is 6. The van der Waals surface area contributed by atoms with E-state index in [-0.39, 0.29) is 6.08 Å². The van der Waals surface area contributed by atoms with E-state index in [1.54, 1.807) is 0 Å². The number of nitrogens with zero attached hydrogens (tertiary/aromatic N) is 2. The SMILES string of the molecule is CCOCCOc1nnc(-c2ccccc2)o1. The third-order valence-electron chi connectivity index (χ3n) is 2.08. The molecule has 90 valence electrons. The van der Waals surface area contributed by atoms with Gasteiger partial charge in [-0.3, -0.25) is 0 Å². The predicted octanol–water partition coefficient (Wildman–Crippen LogP) is 2.15. The van der Waals surface area contributed by atoms with Crippen molar-refractivity contribution < 1.29 is 13.9 Å². The van der Waals surface area contributed by atoms with Crippen LogP contribution in [0.1, 0.15) is 6.92 Å². The molecule has 2 rings (SSSR count). The van der Waals surface area contributed by atoms with E-state index in [0.29, 0.717) is 25.7 Å². The number of benzene rings is 1. The van der Waals surface area contributed by atoms with Crippen molar-refractivity contribution in [2.45, 2.75) is 6.92 Å². The molecule has 0 spiro atoms. The molecule has 0 saturated carbocycles. The Bertz CT molecular complexity index is 442. The van der Waals surface area contributed by atoms with Crippen molar-refractivity contribution in [3.05, 3.63) is 30.3 Å². The van der Waals surface area contributed by atoms with Gasteiger partial charge in [-0.15, -0.1) is 5.10 Å². The first-order valence-corrected chi connectivity index (χ1v) is 5.49. The molecule has 0 atom stereocenters. The Kier molecular flexibility index (Phi) is 4.10. The highest BCUT2D eigenvalue weighted by Gasteiger charge is 2.08. The Morgan fingerprint density at radius 2 is 1.94 bits per heavy atom. The first-order valence-electron chi connectivity index (χ1n) is 5.49. The summed E-state index contributed by atoms with van der Waals surface area (Å²) in [5, 5.41) is 7.70. The lowest BCUT2D eigenvalue weighted by atomic mass is 10.2. The predicted molar refractivity (Wildman–Crippen MR) is 61.7 cm³/mol. The first kappa shape index (κ1) is 11.6. The molecule has 5 heteroatoms. The van der Waals surface area contributed by atoms with Crippen LogP contribution >= 0.6 is 0 Å². The van der Waals surface area contributed by atoms with Crippen LogP contribution in [0.2, 0.25) is 0 Å². The van der Waals surface area contributed by atoms with Gasteiger partial charge in [0.05, 0.1) is 6.61 Å². The van der Waals surface area contributed by atoms with Gasteiger partial charge in [-0.2, -0.15) is 0 Å². The molecule has 0 amide bonds. The van der Waals surface area contributed by atoms with Crippen molar-refractivity contribution in [3.63, 3.8) is 0 Å². The third kappa shape index (κ3) is 3.29. The summed E-state index contributed by atoms with van der Waals surface area (Å²) >= 11 is 0. The second kappa shape index (κ2) is 6.00. The monoisotopic (exact) mass is 234 g/mol. The van der Waals surface area contributed by atoms with Crippen molar-refractivity contribution in [3.8, 4) is 17.5 Å². The van der Waals surface area contributed by atoms with Gasteiger partial charge < -0.3 is 13.9 Å². The molecule has 0 N–H and O–H groups in total. The minimum absolute atomic E-state index is 0.170. The molecule has 0 aliphatic heterocycles. The van der Waals surface area contributed by atoms with Crippen LogP contribution in [0.15, 0.2) is 34.7 Å². The van der Waals surface area contributed by atoms with Crippen LogP contribution in [0.25, 0.3) is 11.5 Å². The van der Waals surface area contributed by atoms with Gasteiger partial charge in [0.1, 0.15) is 6.61 Å². The zero-order valence-electron chi connectivity index (χ0n) is 9.63. The van der Waals surface area contributed by atoms with Crippen LogP contribution < -0.4 is 4.74 Å². The molecule has 2 aromatic rings. The van der Waals surface area contributed by atoms with Gasteiger partial charge in [0.15, 0.2) is 0 Å². The number of hydrogen-bond donors (Lipinski definition) is 0. The molecule has 1 aromatic carbocycles. The van der Waals surface area contributed by atoms with Gasteiger partial charge in [0, 0.05) is 12.2 Å². The zero-order chi connectivity index (χ0) is 11.9. The van der Waals surface area contributed by atoms with Crippen molar-refractivity contribution >= 4 is 0 Å². The summed E-state index contributed by atoms with van der Waals surface area (Å²) in [7, 11) is 0. The summed E-state index contributed by atoms with van der Waals surface area (Å²) in [5.74, 6) is 0.456. The Balaban J connectivity index is 1.92. The van der Waals surface area contributed by atoms with Crippen LogP contribution in [0.4, 0.5) is 0 Å². The highest BCUT2D eigenvalue weighted by atomic mass is 16.6. The number of ether oxygens (including phenoxy) is 2. The zero-order valence-corrected chi connectivity index (χ0v) is 9.63. The quantitative estimate of drug-likeness (QED) is 0.717. The molecule has 5 nitrogen and oxygen atoms in total. The normalized spacial score (nSPS) is 10.4. The Hall–Kier alpha value is -1.88. The second-order valence-corrected chi connectivity index (χ2v) is 3.28. The Morgan fingerprint density at radius 3 is 2.71 bits per heavy atom. The van der Waals surface area contributed by atoms with Crippen LogP contribution in [0.3, 0.4) is 0 Å². The van der Waals surface area contributed by atoms with Gasteiger partial charge in [0.2, 0.25) is 0 Å². The topological polar surface area (TPSA) is 57.4 Å². The van der Waals surface area contributed by atoms with Crippen molar-refractivity contribution in [2.24, 2.45) is 0 Å². The summed E-state index contributed by atoms with van der Waals surface area (Å²) in [4.78, 5) is 0. The maximum atomic E-state index is 5.35. The standard InChI is InChI=1S/C12H14N2O3/c1-2-15-8-9-16-12-14-13-11(17-12)10-6-4-3-5-7-10/h3-7H,2,8-9H2,1H3.